The lowest BCUT2D eigenvalue weighted by Gasteiger charge is -2.46. The van der Waals surface area contributed by atoms with Crippen LogP contribution < -0.4 is 5.32 Å². The van der Waals surface area contributed by atoms with Crippen molar-refractivity contribution < 1.29 is 19.4 Å². The second-order valence-corrected chi connectivity index (χ2v) is 17.0. The van der Waals surface area contributed by atoms with E-state index in [-0.39, 0.29) is 17.2 Å². The first-order valence-electron chi connectivity index (χ1n) is 11.6. The van der Waals surface area contributed by atoms with E-state index in [4.69, 9.17) is 16.3 Å². The number of benzene rings is 1. The van der Waals surface area contributed by atoms with E-state index in [2.05, 4.69) is 25.0 Å². The van der Waals surface area contributed by atoms with Gasteiger partial charge in [0.15, 0.2) is 0 Å². The first-order valence-corrected chi connectivity index (χ1v) is 15.7. The maximum Gasteiger partial charge on any atom is 0.407 e. The van der Waals surface area contributed by atoms with Crippen LogP contribution in [0, 0.1) is 11.3 Å². The van der Waals surface area contributed by atoms with Crippen molar-refractivity contribution in [2.24, 2.45) is 11.3 Å². The fourth-order valence-corrected chi connectivity index (χ4v) is 5.39. The van der Waals surface area contributed by atoms with E-state index in [1.165, 1.54) is 0 Å². The Morgan fingerprint density at radius 3 is 2.34 bits per heavy atom. The molecule has 1 aliphatic heterocycles. The number of nitrogens with zero attached hydrogens (tertiary/aromatic N) is 1. The smallest absolute Gasteiger partial charge is 0.407 e. The van der Waals surface area contributed by atoms with Crippen molar-refractivity contribution in [3.63, 3.8) is 0 Å². The molecule has 8 heteroatoms. The van der Waals surface area contributed by atoms with Crippen molar-refractivity contribution in [2.45, 2.75) is 70.4 Å². The van der Waals surface area contributed by atoms with Gasteiger partial charge in [0.1, 0.15) is 6.04 Å². The predicted octanol–water partition coefficient (Wildman–Crippen LogP) is 4.63. The van der Waals surface area contributed by atoms with Crippen LogP contribution in [0.2, 0.25) is 30.7 Å². The molecule has 2 amide bonds. The van der Waals surface area contributed by atoms with Gasteiger partial charge in [-0.1, -0.05) is 57.2 Å². The quantitative estimate of drug-likeness (QED) is 0.557. The molecule has 1 heterocycles. The molecule has 3 rings (SSSR count). The summed E-state index contributed by atoms with van der Waals surface area (Å²) in [6, 6.07) is 7.61. The number of amides is 2. The van der Waals surface area contributed by atoms with Gasteiger partial charge in [-0.05, 0) is 48.9 Å². The van der Waals surface area contributed by atoms with Crippen LogP contribution in [0.5, 0.6) is 0 Å². The van der Waals surface area contributed by atoms with Gasteiger partial charge in [0, 0.05) is 31.6 Å². The van der Waals surface area contributed by atoms with Gasteiger partial charge in [-0.3, -0.25) is 4.79 Å². The molecule has 0 radical (unpaired) electrons. The lowest BCUT2D eigenvalue weighted by molar-refractivity contribution is -0.147. The molecule has 0 bridgehead atoms. The standard InChI is InChI=1S/C24H37ClN2O4Si/c1-17(2)20(26-22(29)31-14-15-32(3,4)5)21(28)27-13-12-24(30,23(16-27)10-11-23)18-6-8-19(25)9-7-18/h6-9,17,20,30H,10-16H2,1-5H3,(H,26,29)/t20-,24?/m1/s1. The van der Waals surface area contributed by atoms with Gasteiger partial charge < -0.3 is 20.1 Å². The van der Waals surface area contributed by atoms with Crippen molar-refractivity contribution in [3.05, 3.63) is 34.9 Å². The van der Waals surface area contributed by atoms with Crippen molar-refractivity contribution in [1.29, 1.82) is 0 Å². The summed E-state index contributed by atoms with van der Waals surface area (Å²) in [6.45, 7) is 11.8. The molecule has 6 nitrogen and oxygen atoms in total. The third-order valence-electron chi connectivity index (χ3n) is 6.89. The molecule has 32 heavy (non-hydrogen) atoms. The fraction of sp³-hybridized carbons (Fsp3) is 0.667. The van der Waals surface area contributed by atoms with Crippen LogP contribution in [0.1, 0.15) is 38.7 Å². The third-order valence-corrected chi connectivity index (χ3v) is 8.85. The van der Waals surface area contributed by atoms with Gasteiger partial charge in [-0.2, -0.15) is 0 Å². The Kier molecular flexibility index (Phi) is 7.32. The highest BCUT2D eigenvalue weighted by atomic mass is 35.5. The lowest BCUT2D eigenvalue weighted by atomic mass is 9.73. The van der Waals surface area contributed by atoms with E-state index in [1.54, 1.807) is 12.1 Å². The molecule has 1 aromatic rings. The average molecular weight is 481 g/mol. The molecular formula is C24H37ClN2O4Si. The highest BCUT2D eigenvalue weighted by Crippen LogP contribution is 2.62. The minimum absolute atomic E-state index is 0.0701. The second-order valence-electron chi connectivity index (χ2n) is 11.0. The topological polar surface area (TPSA) is 78.9 Å². The number of aliphatic hydroxyl groups is 1. The van der Waals surface area contributed by atoms with Crippen LogP contribution in [0.4, 0.5) is 4.79 Å². The first-order chi connectivity index (χ1) is 14.9. The number of carbonyl (C=O) groups excluding carboxylic acids is 2. The van der Waals surface area contributed by atoms with E-state index in [1.807, 2.05) is 30.9 Å². The summed E-state index contributed by atoms with van der Waals surface area (Å²) in [4.78, 5) is 27.5. The van der Waals surface area contributed by atoms with Crippen LogP contribution in [0.25, 0.3) is 0 Å². The van der Waals surface area contributed by atoms with Crippen LogP contribution in [-0.4, -0.2) is 55.8 Å². The summed E-state index contributed by atoms with van der Waals surface area (Å²) in [5.74, 6) is -0.175. The summed E-state index contributed by atoms with van der Waals surface area (Å²) in [5, 5.41) is 15.0. The van der Waals surface area contributed by atoms with E-state index >= 15 is 0 Å². The average Bonchev–Trinajstić information content (AvgIpc) is 3.48. The van der Waals surface area contributed by atoms with Crippen molar-refractivity contribution in [1.82, 2.24) is 10.2 Å². The van der Waals surface area contributed by atoms with E-state index < -0.39 is 25.8 Å². The number of alkyl carbamates (subject to hydrolysis) is 1. The highest BCUT2D eigenvalue weighted by molar-refractivity contribution is 6.76. The zero-order valence-electron chi connectivity index (χ0n) is 19.9. The number of piperidine rings is 1. The zero-order chi connectivity index (χ0) is 23.7. The molecule has 2 atom stereocenters. The number of ether oxygens (including phenoxy) is 1. The number of hydrogen-bond acceptors (Lipinski definition) is 4. The molecule has 2 aliphatic rings. The molecule has 1 saturated heterocycles. The minimum atomic E-state index is -1.30. The van der Waals surface area contributed by atoms with Gasteiger partial charge in [0.05, 0.1) is 12.2 Å². The Labute approximate surface area is 197 Å². The largest absolute Gasteiger partial charge is 0.450 e. The van der Waals surface area contributed by atoms with Gasteiger partial charge in [0.25, 0.3) is 0 Å². The Hall–Kier alpha value is -1.57. The fourth-order valence-electron chi connectivity index (χ4n) is 4.55. The Morgan fingerprint density at radius 2 is 1.81 bits per heavy atom. The molecule has 178 valence electrons. The van der Waals surface area contributed by atoms with Crippen LogP contribution in [0.15, 0.2) is 24.3 Å². The molecule has 1 spiro atoms. The summed E-state index contributed by atoms with van der Waals surface area (Å²) in [5.41, 5.74) is -0.449. The summed E-state index contributed by atoms with van der Waals surface area (Å²) in [7, 11) is -1.30. The molecule has 2 N–H and O–H groups in total. The lowest BCUT2D eigenvalue weighted by Crippen LogP contribution is -2.58. The normalized spacial score (nSPS) is 23.2. The second kappa shape index (κ2) is 9.35. The van der Waals surface area contributed by atoms with Crippen LogP contribution in [0.3, 0.4) is 0 Å². The maximum atomic E-state index is 13.4. The minimum Gasteiger partial charge on any atom is -0.450 e. The summed E-state index contributed by atoms with van der Waals surface area (Å²) in [6.07, 6.45) is 1.67. The third kappa shape index (κ3) is 5.49. The SMILES string of the molecule is CC(C)[C@@H](NC(=O)OCC[Si](C)(C)C)C(=O)N1CCC(O)(c2ccc(Cl)cc2)C2(CC2)C1. The molecule has 1 aliphatic carbocycles. The van der Waals surface area contributed by atoms with Gasteiger partial charge in [-0.25, -0.2) is 4.79 Å². The number of hydrogen-bond donors (Lipinski definition) is 2. The monoisotopic (exact) mass is 480 g/mol. The Morgan fingerprint density at radius 1 is 1.19 bits per heavy atom. The molecule has 1 unspecified atom stereocenters. The van der Waals surface area contributed by atoms with E-state index in [9.17, 15) is 14.7 Å². The van der Waals surface area contributed by atoms with Crippen molar-refractivity contribution >= 4 is 31.7 Å². The van der Waals surface area contributed by atoms with E-state index in [0.717, 1.165) is 24.4 Å². The van der Waals surface area contributed by atoms with Crippen LogP contribution in [-0.2, 0) is 15.1 Å². The maximum absolute atomic E-state index is 13.4. The number of nitrogens with one attached hydrogen (secondary N) is 1. The molecular weight excluding hydrogens is 444 g/mol. The van der Waals surface area contributed by atoms with Crippen LogP contribution >= 0.6 is 11.6 Å². The number of halogens is 1. The van der Waals surface area contributed by atoms with E-state index in [0.29, 0.717) is 31.1 Å². The first kappa shape index (κ1) is 25.1. The van der Waals surface area contributed by atoms with Gasteiger partial charge in [-0.15, -0.1) is 0 Å². The molecule has 1 aromatic carbocycles. The summed E-state index contributed by atoms with van der Waals surface area (Å²) >= 11 is 6.03. The molecule has 1 saturated carbocycles. The Balaban J connectivity index is 1.65. The number of carbonyl (C=O) groups is 2. The van der Waals surface area contributed by atoms with Gasteiger partial charge >= 0.3 is 6.09 Å². The van der Waals surface area contributed by atoms with Crippen molar-refractivity contribution in [3.8, 4) is 0 Å². The highest BCUT2D eigenvalue weighted by Gasteiger charge is 2.62. The van der Waals surface area contributed by atoms with Crippen molar-refractivity contribution in [2.75, 3.05) is 19.7 Å². The number of rotatable bonds is 7. The molecule has 2 fully saturated rings. The zero-order valence-corrected chi connectivity index (χ0v) is 21.7. The Bertz CT molecular complexity index is 835. The predicted molar refractivity (Wildman–Crippen MR) is 129 cm³/mol. The summed E-state index contributed by atoms with van der Waals surface area (Å²) < 4.78 is 5.35. The van der Waals surface area contributed by atoms with Gasteiger partial charge in [0.2, 0.25) is 5.91 Å². The molecule has 0 aromatic heterocycles. The number of likely N-dealkylation sites (tertiary alicyclic amines) is 1.